The molecule has 1 nitrogen and oxygen atoms in total. The Bertz CT molecular complexity index is 241. The van der Waals surface area contributed by atoms with Crippen LogP contribution in [0.1, 0.15) is 105 Å². The molecule has 1 saturated carbocycles. The van der Waals surface area contributed by atoms with Crippen molar-refractivity contribution in [1.29, 1.82) is 0 Å². The number of unbranched alkanes of at least 4 members (excludes halogenated alkanes) is 5. The van der Waals surface area contributed by atoms with Crippen LogP contribution in [0.4, 0.5) is 0 Å². The maximum Gasteiger partial charge on any atom is 0.00966 e. The van der Waals surface area contributed by atoms with Gasteiger partial charge in [0.1, 0.15) is 0 Å². The van der Waals surface area contributed by atoms with Gasteiger partial charge in [-0.05, 0) is 45.6 Å². The van der Waals surface area contributed by atoms with E-state index in [0.717, 1.165) is 11.8 Å². The van der Waals surface area contributed by atoms with E-state index in [9.17, 15) is 0 Å². The van der Waals surface area contributed by atoms with Gasteiger partial charge in [0.2, 0.25) is 0 Å². The summed E-state index contributed by atoms with van der Waals surface area (Å²) in [6.45, 7) is 10.4. The highest BCUT2D eigenvalue weighted by Gasteiger charge is 2.24. The van der Waals surface area contributed by atoms with Gasteiger partial charge in [-0.1, -0.05) is 77.6 Å². The predicted molar refractivity (Wildman–Crippen MR) is 95.8 cm³/mol. The number of hydrogen-bond acceptors (Lipinski definition) is 1. The van der Waals surface area contributed by atoms with E-state index in [1.54, 1.807) is 0 Å². The molecule has 1 aliphatic carbocycles. The van der Waals surface area contributed by atoms with Crippen LogP contribution < -0.4 is 5.32 Å². The molecule has 126 valence electrons. The molecule has 1 fully saturated rings. The zero-order valence-electron chi connectivity index (χ0n) is 15.3. The Morgan fingerprint density at radius 2 is 1.43 bits per heavy atom. The van der Waals surface area contributed by atoms with Gasteiger partial charge in [0.05, 0.1) is 0 Å². The first-order valence-electron chi connectivity index (χ1n) is 9.78. The van der Waals surface area contributed by atoms with Gasteiger partial charge in [0, 0.05) is 5.54 Å². The summed E-state index contributed by atoms with van der Waals surface area (Å²) >= 11 is 0. The van der Waals surface area contributed by atoms with Crippen molar-refractivity contribution < 1.29 is 0 Å². The molecule has 0 aliphatic heterocycles. The second-order valence-electron chi connectivity index (χ2n) is 8.35. The van der Waals surface area contributed by atoms with Gasteiger partial charge in [0.25, 0.3) is 0 Å². The normalized spacial score (nSPS) is 24.0. The second kappa shape index (κ2) is 10.6. The van der Waals surface area contributed by atoms with E-state index in [4.69, 9.17) is 0 Å². The number of nitrogens with one attached hydrogen (secondary N) is 1. The van der Waals surface area contributed by atoms with E-state index in [-0.39, 0.29) is 5.54 Å². The Balaban J connectivity index is 2.28. The van der Waals surface area contributed by atoms with Crippen molar-refractivity contribution in [3.8, 4) is 0 Å². The molecule has 1 rings (SSSR count). The Morgan fingerprint density at radius 1 is 0.810 bits per heavy atom. The zero-order chi connectivity index (χ0) is 15.6. The molecule has 1 heteroatoms. The molecule has 0 aromatic rings. The third-order valence-electron chi connectivity index (χ3n) is 5.14. The van der Waals surface area contributed by atoms with Crippen molar-refractivity contribution in [2.45, 2.75) is 110 Å². The monoisotopic (exact) mass is 295 g/mol. The Kier molecular flexibility index (Phi) is 9.64. The van der Waals surface area contributed by atoms with E-state index in [1.807, 2.05) is 0 Å². The first-order chi connectivity index (χ1) is 10.0. The molecule has 0 amide bonds. The van der Waals surface area contributed by atoms with Crippen molar-refractivity contribution in [2.24, 2.45) is 11.8 Å². The molecular weight excluding hydrogens is 254 g/mol. The van der Waals surface area contributed by atoms with Crippen LogP contribution in [0.5, 0.6) is 0 Å². The minimum Gasteiger partial charge on any atom is -0.312 e. The third kappa shape index (κ3) is 9.55. The van der Waals surface area contributed by atoms with Gasteiger partial charge in [-0.15, -0.1) is 0 Å². The SMILES string of the molecule is CCCCCCCCC1CCCCCC1CNC(C)(C)C. The fourth-order valence-corrected chi connectivity index (χ4v) is 3.73. The maximum absolute atomic E-state index is 3.77. The van der Waals surface area contributed by atoms with E-state index >= 15 is 0 Å². The molecule has 0 saturated heterocycles. The Labute approximate surface area is 134 Å². The van der Waals surface area contributed by atoms with Crippen LogP contribution in [0.2, 0.25) is 0 Å². The standard InChI is InChI=1S/C20H41N/c1-5-6-7-8-9-11-14-18-15-12-10-13-16-19(18)17-21-20(2,3)4/h18-19,21H,5-17H2,1-4H3. The first kappa shape index (κ1) is 19.0. The van der Waals surface area contributed by atoms with Crippen LogP contribution in [0.3, 0.4) is 0 Å². The van der Waals surface area contributed by atoms with Gasteiger partial charge < -0.3 is 5.32 Å². The molecule has 21 heavy (non-hydrogen) atoms. The average Bonchev–Trinajstić information content (AvgIpc) is 2.65. The first-order valence-corrected chi connectivity index (χ1v) is 9.78. The summed E-state index contributed by atoms with van der Waals surface area (Å²) in [5, 5.41) is 3.77. The fraction of sp³-hybridized carbons (Fsp3) is 1.00. The summed E-state index contributed by atoms with van der Waals surface area (Å²) in [5.41, 5.74) is 0.275. The molecule has 1 N–H and O–H groups in total. The highest BCUT2D eigenvalue weighted by Crippen LogP contribution is 2.32. The molecule has 0 radical (unpaired) electrons. The number of hydrogen-bond donors (Lipinski definition) is 1. The summed E-state index contributed by atoms with van der Waals surface area (Å²) in [6.07, 6.45) is 17.5. The lowest BCUT2D eigenvalue weighted by atomic mass is 9.83. The van der Waals surface area contributed by atoms with Gasteiger partial charge in [-0.3, -0.25) is 0 Å². The quantitative estimate of drug-likeness (QED) is 0.387. The van der Waals surface area contributed by atoms with Crippen LogP contribution in [0.25, 0.3) is 0 Å². The van der Waals surface area contributed by atoms with Crippen LogP contribution in [-0.4, -0.2) is 12.1 Å². The molecular formula is C20H41N. The van der Waals surface area contributed by atoms with Gasteiger partial charge in [0.15, 0.2) is 0 Å². The van der Waals surface area contributed by atoms with E-state index in [0.29, 0.717) is 0 Å². The van der Waals surface area contributed by atoms with E-state index < -0.39 is 0 Å². The van der Waals surface area contributed by atoms with Crippen molar-refractivity contribution in [1.82, 2.24) is 5.32 Å². The van der Waals surface area contributed by atoms with Crippen LogP contribution in [0.15, 0.2) is 0 Å². The van der Waals surface area contributed by atoms with Crippen LogP contribution >= 0.6 is 0 Å². The zero-order valence-corrected chi connectivity index (χ0v) is 15.3. The molecule has 0 bridgehead atoms. The van der Waals surface area contributed by atoms with Crippen molar-refractivity contribution >= 4 is 0 Å². The number of rotatable bonds is 9. The second-order valence-corrected chi connectivity index (χ2v) is 8.35. The Hall–Kier alpha value is -0.0400. The van der Waals surface area contributed by atoms with Crippen molar-refractivity contribution in [2.75, 3.05) is 6.54 Å². The average molecular weight is 296 g/mol. The van der Waals surface area contributed by atoms with Crippen molar-refractivity contribution in [3.05, 3.63) is 0 Å². The largest absolute Gasteiger partial charge is 0.312 e. The molecule has 0 aromatic carbocycles. The van der Waals surface area contributed by atoms with Gasteiger partial charge >= 0.3 is 0 Å². The summed E-state index contributed by atoms with van der Waals surface area (Å²) in [7, 11) is 0. The van der Waals surface area contributed by atoms with Gasteiger partial charge in [-0.25, -0.2) is 0 Å². The highest BCUT2D eigenvalue weighted by atomic mass is 14.9. The molecule has 0 aromatic heterocycles. The molecule has 0 heterocycles. The lowest BCUT2D eigenvalue weighted by Gasteiger charge is -2.30. The smallest absolute Gasteiger partial charge is 0.00966 e. The van der Waals surface area contributed by atoms with Crippen LogP contribution in [-0.2, 0) is 0 Å². The predicted octanol–water partition coefficient (Wildman–Crippen LogP) is 6.32. The highest BCUT2D eigenvalue weighted by molar-refractivity contribution is 4.79. The molecule has 2 unspecified atom stereocenters. The van der Waals surface area contributed by atoms with Crippen molar-refractivity contribution in [3.63, 3.8) is 0 Å². The summed E-state index contributed by atoms with van der Waals surface area (Å²) in [5.74, 6) is 1.93. The summed E-state index contributed by atoms with van der Waals surface area (Å²) in [6, 6.07) is 0. The fourth-order valence-electron chi connectivity index (χ4n) is 3.73. The van der Waals surface area contributed by atoms with Crippen LogP contribution in [0, 0.1) is 11.8 Å². The topological polar surface area (TPSA) is 12.0 Å². The maximum atomic E-state index is 3.77. The molecule has 0 spiro atoms. The Morgan fingerprint density at radius 3 is 2.10 bits per heavy atom. The van der Waals surface area contributed by atoms with E-state index in [2.05, 4.69) is 33.0 Å². The lowest BCUT2D eigenvalue weighted by molar-refractivity contribution is 0.253. The van der Waals surface area contributed by atoms with Gasteiger partial charge in [-0.2, -0.15) is 0 Å². The minimum absolute atomic E-state index is 0.275. The summed E-state index contributed by atoms with van der Waals surface area (Å²) in [4.78, 5) is 0. The summed E-state index contributed by atoms with van der Waals surface area (Å²) < 4.78 is 0. The third-order valence-corrected chi connectivity index (χ3v) is 5.14. The lowest BCUT2D eigenvalue weighted by Crippen LogP contribution is -2.40. The van der Waals surface area contributed by atoms with E-state index in [1.165, 1.54) is 83.6 Å². The molecule has 2 atom stereocenters. The minimum atomic E-state index is 0.275. The molecule has 1 aliphatic rings.